The van der Waals surface area contributed by atoms with Crippen molar-refractivity contribution < 1.29 is 19.2 Å². The topological polar surface area (TPSA) is 92.5 Å². The average molecular weight is 305 g/mol. The van der Waals surface area contributed by atoms with E-state index in [1.165, 1.54) is 31.2 Å². The zero-order valence-electron chi connectivity index (χ0n) is 10.6. The number of alkyl halides is 2. The maximum Gasteiger partial charge on any atom is 0.269 e. The van der Waals surface area contributed by atoms with Crippen LogP contribution in [0.25, 0.3) is 0 Å². The van der Waals surface area contributed by atoms with E-state index in [9.17, 15) is 24.4 Å². The van der Waals surface area contributed by atoms with Gasteiger partial charge in [0.1, 0.15) is 18.2 Å². The van der Waals surface area contributed by atoms with Crippen molar-refractivity contribution in [2.75, 3.05) is 6.67 Å². The summed E-state index contributed by atoms with van der Waals surface area (Å²) in [6.45, 7) is 0.429. The molecule has 0 aliphatic rings. The van der Waals surface area contributed by atoms with Crippen LogP contribution in [0.1, 0.15) is 18.6 Å². The van der Waals surface area contributed by atoms with Gasteiger partial charge in [0.25, 0.3) is 5.69 Å². The van der Waals surface area contributed by atoms with E-state index in [0.29, 0.717) is 0 Å². The first kappa shape index (κ1) is 16.3. The normalized spacial score (nSPS) is 15.2. The van der Waals surface area contributed by atoms with Crippen molar-refractivity contribution in [1.82, 2.24) is 5.32 Å². The molecular weight excluding hydrogens is 291 g/mol. The summed E-state index contributed by atoms with van der Waals surface area (Å²) in [7, 11) is 0. The molecule has 0 unspecified atom stereocenters. The lowest BCUT2D eigenvalue weighted by Gasteiger charge is -2.22. The van der Waals surface area contributed by atoms with Crippen LogP contribution >= 0.6 is 11.6 Å². The number of benzene rings is 1. The number of rotatable bonds is 6. The number of aliphatic hydroxyl groups excluding tert-OH is 1. The van der Waals surface area contributed by atoms with Gasteiger partial charge in [-0.25, -0.2) is 4.39 Å². The highest BCUT2D eigenvalue weighted by Crippen LogP contribution is 2.21. The van der Waals surface area contributed by atoms with Gasteiger partial charge in [-0.2, -0.15) is 0 Å². The van der Waals surface area contributed by atoms with Crippen LogP contribution in [0, 0.1) is 10.1 Å². The second kappa shape index (κ2) is 7.16. The highest BCUT2D eigenvalue weighted by Gasteiger charge is 2.24. The third-order valence-electron chi connectivity index (χ3n) is 2.68. The van der Waals surface area contributed by atoms with E-state index in [4.69, 9.17) is 11.6 Å². The summed E-state index contributed by atoms with van der Waals surface area (Å²) >= 11 is 5.54. The largest absolute Gasteiger partial charge is 0.386 e. The quantitative estimate of drug-likeness (QED) is 0.475. The predicted octanol–water partition coefficient (Wildman–Crippen LogP) is 1.71. The van der Waals surface area contributed by atoms with E-state index in [-0.39, 0.29) is 11.3 Å². The number of hydrogen-bond acceptors (Lipinski definition) is 4. The van der Waals surface area contributed by atoms with Gasteiger partial charge in [0.05, 0.1) is 11.0 Å². The number of aliphatic hydroxyl groups is 1. The van der Waals surface area contributed by atoms with E-state index >= 15 is 0 Å². The summed E-state index contributed by atoms with van der Waals surface area (Å²) in [6.07, 6.45) is -1.32. The average Bonchev–Trinajstić information content (AvgIpc) is 2.43. The lowest BCUT2D eigenvalue weighted by molar-refractivity contribution is -0.384. The number of nitrogens with zero attached hydrogens (tertiary/aromatic N) is 1. The summed E-state index contributed by atoms with van der Waals surface area (Å²) < 4.78 is 12.9. The Morgan fingerprint density at radius 2 is 2.05 bits per heavy atom. The van der Waals surface area contributed by atoms with Gasteiger partial charge in [-0.15, -0.1) is 11.6 Å². The molecule has 0 aliphatic carbocycles. The van der Waals surface area contributed by atoms with Gasteiger partial charge in [-0.1, -0.05) is 0 Å². The van der Waals surface area contributed by atoms with Crippen LogP contribution in [0.4, 0.5) is 10.1 Å². The highest BCUT2D eigenvalue weighted by molar-refractivity contribution is 6.30. The predicted molar refractivity (Wildman–Crippen MR) is 71.3 cm³/mol. The fourth-order valence-corrected chi connectivity index (χ4v) is 1.59. The molecule has 0 saturated carbocycles. The molecule has 0 aromatic heterocycles. The van der Waals surface area contributed by atoms with Gasteiger partial charge in [0.2, 0.25) is 5.91 Å². The second-order valence-corrected chi connectivity index (χ2v) is 4.83. The first-order chi connectivity index (χ1) is 9.36. The lowest BCUT2D eigenvalue weighted by atomic mass is 10.0. The summed E-state index contributed by atoms with van der Waals surface area (Å²) in [4.78, 5) is 21.3. The van der Waals surface area contributed by atoms with Crippen molar-refractivity contribution in [3.63, 3.8) is 0 Å². The smallest absolute Gasteiger partial charge is 0.269 e. The Morgan fingerprint density at radius 3 is 2.45 bits per heavy atom. The summed E-state index contributed by atoms with van der Waals surface area (Å²) in [5, 5.41) is 21.9. The number of carbonyl (C=O) groups is 1. The Kier molecular flexibility index (Phi) is 5.84. The minimum absolute atomic E-state index is 0.142. The van der Waals surface area contributed by atoms with E-state index in [0.717, 1.165) is 0 Å². The zero-order valence-corrected chi connectivity index (χ0v) is 11.4. The number of nitrogens with one attached hydrogen (secondary N) is 1. The van der Waals surface area contributed by atoms with Gasteiger partial charge >= 0.3 is 0 Å². The Morgan fingerprint density at radius 1 is 1.50 bits per heavy atom. The Labute approximate surface area is 119 Å². The van der Waals surface area contributed by atoms with Gasteiger partial charge in [0, 0.05) is 12.1 Å². The van der Waals surface area contributed by atoms with Crippen LogP contribution in [0.2, 0.25) is 0 Å². The van der Waals surface area contributed by atoms with Crippen LogP contribution in [-0.4, -0.2) is 34.0 Å². The molecule has 1 aromatic rings. The molecule has 0 heterocycles. The molecule has 110 valence electrons. The number of halogens is 2. The molecule has 1 aromatic carbocycles. The van der Waals surface area contributed by atoms with Crippen LogP contribution in [-0.2, 0) is 4.79 Å². The first-order valence-corrected chi connectivity index (χ1v) is 6.23. The van der Waals surface area contributed by atoms with E-state index in [1.54, 1.807) is 0 Å². The van der Waals surface area contributed by atoms with Crippen LogP contribution in [0.15, 0.2) is 24.3 Å². The highest BCUT2D eigenvalue weighted by atomic mass is 35.5. The van der Waals surface area contributed by atoms with Crippen molar-refractivity contribution in [2.45, 2.75) is 24.4 Å². The number of amides is 1. The molecule has 0 radical (unpaired) electrons. The third kappa shape index (κ3) is 4.14. The van der Waals surface area contributed by atoms with Crippen LogP contribution < -0.4 is 5.32 Å². The second-order valence-electron chi connectivity index (χ2n) is 4.18. The van der Waals surface area contributed by atoms with Crippen molar-refractivity contribution in [3.8, 4) is 0 Å². The number of hydrogen-bond donors (Lipinski definition) is 2. The van der Waals surface area contributed by atoms with Gasteiger partial charge < -0.3 is 10.4 Å². The van der Waals surface area contributed by atoms with E-state index in [1.807, 2.05) is 0 Å². The molecule has 20 heavy (non-hydrogen) atoms. The van der Waals surface area contributed by atoms with Crippen molar-refractivity contribution in [1.29, 1.82) is 0 Å². The monoisotopic (exact) mass is 304 g/mol. The van der Waals surface area contributed by atoms with Crippen LogP contribution in [0.3, 0.4) is 0 Å². The minimum Gasteiger partial charge on any atom is -0.386 e. The molecule has 6 nitrogen and oxygen atoms in total. The summed E-state index contributed by atoms with van der Waals surface area (Å²) in [5.41, 5.74) is 0.122. The molecule has 0 bridgehead atoms. The number of nitro benzene ring substituents is 1. The number of nitro groups is 1. The maximum absolute atomic E-state index is 12.9. The SMILES string of the molecule is C[C@H](Cl)C(=O)N[C@H](CF)[C@H](O)c1ccc([N+](=O)[O-])cc1. The van der Waals surface area contributed by atoms with E-state index < -0.39 is 35.0 Å². The zero-order chi connectivity index (χ0) is 15.3. The molecule has 8 heteroatoms. The molecule has 0 spiro atoms. The molecule has 1 rings (SSSR count). The molecule has 3 atom stereocenters. The fraction of sp³-hybridized carbons (Fsp3) is 0.417. The van der Waals surface area contributed by atoms with Gasteiger partial charge in [-0.05, 0) is 24.6 Å². The van der Waals surface area contributed by atoms with Crippen LogP contribution in [0.5, 0.6) is 0 Å². The summed E-state index contributed by atoms with van der Waals surface area (Å²) in [6, 6.07) is 3.84. The third-order valence-corrected chi connectivity index (χ3v) is 2.88. The van der Waals surface area contributed by atoms with Crippen molar-refractivity contribution >= 4 is 23.2 Å². The molecule has 0 fully saturated rings. The fourth-order valence-electron chi connectivity index (χ4n) is 1.52. The van der Waals surface area contributed by atoms with Crippen molar-refractivity contribution in [3.05, 3.63) is 39.9 Å². The minimum atomic E-state index is -1.32. The Balaban J connectivity index is 2.82. The standard InChI is InChI=1S/C12H14ClFN2O4/c1-7(13)12(18)15-10(6-14)11(17)8-2-4-9(5-3-8)16(19)20/h2-5,7,10-11,17H,6H2,1H3,(H,15,18)/t7-,10+,11+/m0/s1. The molecule has 0 aliphatic heterocycles. The van der Waals surface area contributed by atoms with Gasteiger partial charge in [0.15, 0.2) is 0 Å². The maximum atomic E-state index is 12.9. The molecule has 0 saturated heterocycles. The number of non-ortho nitro benzene ring substituents is 1. The van der Waals surface area contributed by atoms with E-state index in [2.05, 4.69) is 5.32 Å². The first-order valence-electron chi connectivity index (χ1n) is 5.79. The molecular formula is C12H14ClFN2O4. The molecule has 2 N–H and O–H groups in total. The Hall–Kier alpha value is -1.73. The van der Waals surface area contributed by atoms with Crippen molar-refractivity contribution in [2.24, 2.45) is 0 Å². The number of carbonyl (C=O) groups excluding carboxylic acids is 1. The van der Waals surface area contributed by atoms with Gasteiger partial charge in [-0.3, -0.25) is 14.9 Å². The summed E-state index contributed by atoms with van der Waals surface area (Å²) in [5.74, 6) is -0.602. The lowest BCUT2D eigenvalue weighted by Crippen LogP contribution is -2.43. The molecule has 1 amide bonds. The Bertz CT molecular complexity index is 481.